The van der Waals surface area contributed by atoms with Gasteiger partial charge in [-0.25, -0.2) is 0 Å². The van der Waals surface area contributed by atoms with Crippen molar-refractivity contribution in [1.82, 2.24) is 10.2 Å². The monoisotopic (exact) mass is 248 g/mol. The number of methoxy groups -OCH3 is 1. The van der Waals surface area contributed by atoms with Crippen LogP contribution in [0.4, 0.5) is 11.5 Å². The van der Waals surface area contributed by atoms with Crippen LogP contribution in [0, 0.1) is 0 Å². The van der Waals surface area contributed by atoms with Gasteiger partial charge in [-0.3, -0.25) is 19.8 Å². The summed E-state index contributed by atoms with van der Waals surface area (Å²) in [7, 11) is 1.55. The minimum Gasteiger partial charge on any atom is -0.497 e. The summed E-state index contributed by atoms with van der Waals surface area (Å²) in [6, 6.07) is 6.71. The average Bonchev–Trinajstić information content (AvgIpc) is 2.70. The summed E-state index contributed by atoms with van der Waals surface area (Å²) in [6.45, 7) is 0. The molecule has 1 amide bonds. The van der Waals surface area contributed by atoms with Crippen molar-refractivity contribution in [2.24, 2.45) is 0 Å². The Hall–Kier alpha value is -2.70. The van der Waals surface area contributed by atoms with E-state index in [0.717, 1.165) is 0 Å². The van der Waals surface area contributed by atoms with Crippen LogP contribution in [0.1, 0.15) is 10.4 Å². The number of aromatic nitrogens is 2. The second kappa shape index (κ2) is 4.66. The van der Waals surface area contributed by atoms with Crippen LogP contribution in [0.5, 0.6) is 5.75 Å². The zero-order chi connectivity index (χ0) is 13.1. The Balaban J connectivity index is 2.19. The van der Waals surface area contributed by atoms with Crippen molar-refractivity contribution < 1.29 is 9.53 Å². The second-order valence-electron chi connectivity index (χ2n) is 3.55. The number of nitrogens with one attached hydrogen (secondary N) is 3. The van der Waals surface area contributed by atoms with Crippen molar-refractivity contribution in [3.63, 3.8) is 0 Å². The largest absolute Gasteiger partial charge is 0.497 e. The van der Waals surface area contributed by atoms with E-state index in [-0.39, 0.29) is 11.4 Å². The van der Waals surface area contributed by atoms with Crippen molar-refractivity contribution in [3.8, 4) is 5.75 Å². The van der Waals surface area contributed by atoms with E-state index in [1.807, 2.05) is 0 Å². The first kappa shape index (κ1) is 11.8. The normalized spacial score (nSPS) is 10.1. The van der Waals surface area contributed by atoms with E-state index < -0.39 is 11.5 Å². The smallest absolute Gasteiger partial charge is 0.279 e. The molecule has 0 bridgehead atoms. The Labute approximate surface area is 102 Å². The SMILES string of the molecule is COc1ccc(NC(=O)c2c(N)[nH][nH]c2=O)cc1. The topological polar surface area (TPSA) is 113 Å². The molecule has 2 aromatic rings. The summed E-state index contributed by atoms with van der Waals surface area (Å²) in [5.41, 5.74) is 5.33. The van der Waals surface area contributed by atoms with Crippen molar-refractivity contribution >= 4 is 17.4 Å². The highest BCUT2D eigenvalue weighted by Crippen LogP contribution is 2.15. The van der Waals surface area contributed by atoms with Crippen molar-refractivity contribution in [1.29, 1.82) is 0 Å². The fourth-order valence-electron chi connectivity index (χ4n) is 1.46. The van der Waals surface area contributed by atoms with E-state index in [1.54, 1.807) is 31.4 Å². The maximum atomic E-state index is 11.8. The summed E-state index contributed by atoms with van der Waals surface area (Å²) < 4.78 is 4.99. The molecule has 94 valence electrons. The number of H-pyrrole nitrogens is 2. The number of carbonyl (C=O) groups excluding carboxylic acids is 1. The van der Waals surface area contributed by atoms with Gasteiger partial charge >= 0.3 is 0 Å². The number of nitrogen functional groups attached to an aromatic ring is 1. The maximum absolute atomic E-state index is 11.8. The lowest BCUT2D eigenvalue weighted by Crippen LogP contribution is -2.20. The van der Waals surface area contributed by atoms with Gasteiger partial charge in [-0.15, -0.1) is 0 Å². The summed E-state index contributed by atoms with van der Waals surface area (Å²) in [5.74, 6) is 0.109. The number of carbonyl (C=O) groups is 1. The Kier molecular flexibility index (Phi) is 3.05. The Morgan fingerprint density at radius 2 is 1.94 bits per heavy atom. The van der Waals surface area contributed by atoms with Crippen LogP contribution in [0.2, 0.25) is 0 Å². The van der Waals surface area contributed by atoms with Crippen molar-refractivity contribution in [2.45, 2.75) is 0 Å². The van der Waals surface area contributed by atoms with Gasteiger partial charge in [0.15, 0.2) is 0 Å². The fourth-order valence-corrected chi connectivity index (χ4v) is 1.46. The molecule has 5 N–H and O–H groups in total. The maximum Gasteiger partial charge on any atom is 0.279 e. The first-order valence-electron chi connectivity index (χ1n) is 5.13. The standard InChI is InChI=1S/C11H12N4O3/c1-18-7-4-2-6(3-5-7)13-10(16)8-9(12)14-15-11(8)17/h2-5H,1H3,(H,13,16)(H4,12,14,15,17). The number of amides is 1. The number of rotatable bonds is 3. The third kappa shape index (κ3) is 2.19. The van der Waals surface area contributed by atoms with Crippen molar-refractivity contribution in [3.05, 3.63) is 40.2 Å². The van der Waals surface area contributed by atoms with E-state index in [2.05, 4.69) is 15.5 Å². The molecule has 0 aliphatic heterocycles. The molecule has 0 aliphatic carbocycles. The molecule has 0 spiro atoms. The van der Waals surface area contributed by atoms with Crippen LogP contribution in [0.25, 0.3) is 0 Å². The highest BCUT2D eigenvalue weighted by atomic mass is 16.5. The molecule has 0 saturated heterocycles. The van der Waals surface area contributed by atoms with E-state index in [0.29, 0.717) is 11.4 Å². The van der Waals surface area contributed by atoms with Crippen molar-refractivity contribution in [2.75, 3.05) is 18.2 Å². The van der Waals surface area contributed by atoms with Crippen LogP contribution >= 0.6 is 0 Å². The third-order valence-electron chi connectivity index (χ3n) is 2.38. The van der Waals surface area contributed by atoms with Gasteiger partial charge in [0.1, 0.15) is 17.1 Å². The predicted octanol–water partition coefficient (Wildman–Crippen LogP) is 0.546. The molecule has 7 nitrogen and oxygen atoms in total. The zero-order valence-corrected chi connectivity index (χ0v) is 9.61. The highest BCUT2D eigenvalue weighted by molar-refractivity contribution is 6.06. The summed E-state index contributed by atoms with van der Waals surface area (Å²) in [4.78, 5) is 23.1. The number of nitrogens with two attached hydrogens (primary N) is 1. The van der Waals surface area contributed by atoms with Crippen LogP contribution in [0.15, 0.2) is 29.1 Å². The molecule has 1 aromatic heterocycles. The number of aromatic amines is 2. The van der Waals surface area contributed by atoms with Crippen LogP contribution < -0.4 is 21.3 Å². The highest BCUT2D eigenvalue weighted by Gasteiger charge is 2.16. The molecule has 1 aromatic carbocycles. The van der Waals surface area contributed by atoms with Gasteiger partial charge in [0.05, 0.1) is 7.11 Å². The molecule has 1 heterocycles. The summed E-state index contributed by atoms with van der Waals surface area (Å²) in [6.07, 6.45) is 0. The van der Waals surface area contributed by atoms with Gasteiger partial charge < -0.3 is 15.8 Å². The quantitative estimate of drug-likeness (QED) is 0.635. The van der Waals surface area contributed by atoms with E-state index in [1.165, 1.54) is 0 Å². The molecule has 0 saturated carbocycles. The molecule has 0 aliphatic rings. The van der Waals surface area contributed by atoms with Gasteiger partial charge in [0.25, 0.3) is 11.5 Å². The van der Waals surface area contributed by atoms with Gasteiger partial charge in [-0.2, -0.15) is 0 Å². The van der Waals surface area contributed by atoms with Gasteiger partial charge in [0, 0.05) is 5.69 Å². The number of hydrogen-bond acceptors (Lipinski definition) is 4. The van der Waals surface area contributed by atoms with Crippen LogP contribution in [-0.4, -0.2) is 23.2 Å². The number of benzene rings is 1. The minimum atomic E-state index is -0.569. The molecule has 0 unspecified atom stereocenters. The molecule has 0 atom stereocenters. The number of ether oxygens (including phenoxy) is 1. The second-order valence-corrected chi connectivity index (χ2v) is 3.55. The lowest BCUT2D eigenvalue weighted by molar-refractivity contribution is 0.102. The molecular weight excluding hydrogens is 236 g/mol. The van der Waals surface area contributed by atoms with Gasteiger partial charge in [0.2, 0.25) is 0 Å². The zero-order valence-electron chi connectivity index (χ0n) is 9.61. The average molecular weight is 248 g/mol. The third-order valence-corrected chi connectivity index (χ3v) is 2.38. The van der Waals surface area contributed by atoms with Crippen LogP contribution in [0.3, 0.4) is 0 Å². The number of anilines is 2. The molecule has 7 heteroatoms. The predicted molar refractivity (Wildman–Crippen MR) is 66.8 cm³/mol. The van der Waals surface area contributed by atoms with E-state index in [9.17, 15) is 9.59 Å². The summed E-state index contributed by atoms with van der Waals surface area (Å²) >= 11 is 0. The molecule has 0 fully saturated rings. The van der Waals surface area contributed by atoms with Crippen LogP contribution in [-0.2, 0) is 0 Å². The van der Waals surface area contributed by atoms with E-state index in [4.69, 9.17) is 10.5 Å². The Morgan fingerprint density at radius 1 is 1.28 bits per heavy atom. The molecule has 2 rings (SSSR count). The Bertz CT molecular complexity index is 612. The molecule has 0 radical (unpaired) electrons. The first-order valence-corrected chi connectivity index (χ1v) is 5.13. The lowest BCUT2D eigenvalue weighted by Gasteiger charge is -2.05. The lowest BCUT2D eigenvalue weighted by atomic mass is 10.2. The van der Waals surface area contributed by atoms with E-state index >= 15 is 0 Å². The summed E-state index contributed by atoms with van der Waals surface area (Å²) in [5, 5.41) is 7.18. The van der Waals surface area contributed by atoms with Gasteiger partial charge in [-0.1, -0.05) is 0 Å². The fraction of sp³-hybridized carbons (Fsp3) is 0.0909. The van der Waals surface area contributed by atoms with Gasteiger partial charge in [-0.05, 0) is 24.3 Å². The molecule has 18 heavy (non-hydrogen) atoms. The first-order chi connectivity index (χ1) is 8.61. The Morgan fingerprint density at radius 3 is 2.44 bits per heavy atom. The minimum absolute atomic E-state index is 0.00557. The molecular formula is C11H12N4O3. The number of hydrogen-bond donors (Lipinski definition) is 4.